The molecule has 110 valence electrons. The lowest BCUT2D eigenvalue weighted by Gasteiger charge is -2.27. The average molecular weight is 290 g/mol. The van der Waals surface area contributed by atoms with Crippen molar-refractivity contribution in [2.45, 2.75) is 6.43 Å². The summed E-state index contributed by atoms with van der Waals surface area (Å²) in [5, 5.41) is 3.26. The van der Waals surface area contributed by atoms with Crippen molar-refractivity contribution < 1.29 is 8.78 Å². The van der Waals surface area contributed by atoms with Gasteiger partial charge in [0.2, 0.25) is 5.95 Å². The van der Waals surface area contributed by atoms with E-state index < -0.39 is 6.43 Å². The van der Waals surface area contributed by atoms with Gasteiger partial charge in [-0.15, -0.1) is 0 Å². The molecule has 0 bridgehead atoms. The second-order valence-electron chi connectivity index (χ2n) is 4.90. The van der Waals surface area contributed by atoms with E-state index in [1.54, 1.807) is 30.6 Å². The van der Waals surface area contributed by atoms with Gasteiger partial charge in [-0.3, -0.25) is 0 Å². The number of alkyl halides is 2. The highest BCUT2D eigenvalue weighted by Gasteiger charge is 2.16. The molecular weight excluding hydrogens is 274 g/mol. The van der Waals surface area contributed by atoms with Gasteiger partial charge < -0.3 is 10.2 Å². The number of hydrogen-bond donors (Lipinski definition) is 1. The lowest BCUT2D eigenvalue weighted by Crippen LogP contribution is -2.44. The van der Waals surface area contributed by atoms with Crippen molar-refractivity contribution in [3.63, 3.8) is 0 Å². The summed E-state index contributed by atoms with van der Waals surface area (Å²) in [7, 11) is 0. The van der Waals surface area contributed by atoms with Crippen molar-refractivity contribution in [3.8, 4) is 11.1 Å². The first-order chi connectivity index (χ1) is 10.3. The summed E-state index contributed by atoms with van der Waals surface area (Å²) < 4.78 is 26.1. The fourth-order valence-corrected chi connectivity index (χ4v) is 2.44. The molecule has 0 saturated carbocycles. The molecule has 1 saturated heterocycles. The molecule has 1 N–H and O–H groups in total. The average Bonchev–Trinajstić information content (AvgIpc) is 2.56. The van der Waals surface area contributed by atoms with E-state index in [4.69, 9.17) is 0 Å². The van der Waals surface area contributed by atoms with Gasteiger partial charge in [-0.2, -0.15) is 0 Å². The molecule has 0 aliphatic carbocycles. The van der Waals surface area contributed by atoms with Gasteiger partial charge in [0.25, 0.3) is 6.43 Å². The highest BCUT2D eigenvalue weighted by molar-refractivity contribution is 5.66. The molecule has 1 aromatic heterocycles. The smallest absolute Gasteiger partial charge is 0.264 e. The number of piperazine rings is 1. The van der Waals surface area contributed by atoms with Crippen molar-refractivity contribution in [1.29, 1.82) is 0 Å². The van der Waals surface area contributed by atoms with Crippen molar-refractivity contribution >= 4 is 5.95 Å². The first-order valence-corrected chi connectivity index (χ1v) is 6.91. The second-order valence-corrected chi connectivity index (χ2v) is 4.90. The summed E-state index contributed by atoms with van der Waals surface area (Å²) in [4.78, 5) is 10.7. The molecule has 2 aromatic rings. The molecule has 0 radical (unpaired) electrons. The fraction of sp³-hybridized carbons (Fsp3) is 0.333. The topological polar surface area (TPSA) is 41.1 Å². The Morgan fingerprint density at radius 2 is 1.71 bits per heavy atom. The number of benzene rings is 1. The highest BCUT2D eigenvalue weighted by atomic mass is 19.3. The van der Waals surface area contributed by atoms with Crippen LogP contribution in [0.2, 0.25) is 0 Å². The van der Waals surface area contributed by atoms with E-state index in [-0.39, 0.29) is 5.56 Å². The zero-order valence-corrected chi connectivity index (χ0v) is 11.5. The van der Waals surface area contributed by atoms with Crippen molar-refractivity contribution in [2.75, 3.05) is 31.1 Å². The molecule has 0 spiro atoms. The maximum Gasteiger partial charge on any atom is 0.264 e. The van der Waals surface area contributed by atoms with Crippen LogP contribution in [0.4, 0.5) is 14.7 Å². The van der Waals surface area contributed by atoms with Gasteiger partial charge in [0, 0.05) is 49.7 Å². The van der Waals surface area contributed by atoms with E-state index >= 15 is 0 Å². The third kappa shape index (κ3) is 3.00. The van der Waals surface area contributed by atoms with Gasteiger partial charge in [-0.1, -0.05) is 24.3 Å². The summed E-state index contributed by atoms with van der Waals surface area (Å²) in [5.74, 6) is 0.648. The van der Waals surface area contributed by atoms with Crippen molar-refractivity contribution in [3.05, 3.63) is 42.2 Å². The normalized spacial score (nSPS) is 15.5. The Hall–Kier alpha value is -2.08. The van der Waals surface area contributed by atoms with Crippen molar-refractivity contribution in [1.82, 2.24) is 15.3 Å². The molecule has 2 heterocycles. The van der Waals surface area contributed by atoms with Crippen LogP contribution in [0.1, 0.15) is 12.0 Å². The third-order valence-corrected chi connectivity index (χ3v) is 3.54. The monoisotopic (exact) mass is 290 g/mol. The van der Waals surface area contributed by atoms with E-state index in [0.717, 1.165) is 26.2 Å². The number of halogens is 2. The molecule has 1 aliphatic heterocycles. The number of anilines is 1. The summed E-state index contributed by atoms with van der Waals surface area (Å²) in [6, 6.07) is 6.46. The molecule has 1 aliphatic rings. The van der Waals surface area contributed by atoms with Crippen LogP contribution in [0, 0.1) is 0 Å². The molecule has 6 heteroatoms. The van der Waals surface area contributed by atoms with Crippen LogP contribution in [-0.4, -0.2) is 36.1 Å². The number of rotatable bonds is 3. The lowest BCUT2D eigenvalue weighted by atomic mass is 10.0. The minimum Gasteiger partial charge on any atom is -0.338 e. The van der Waals surface area contributed by atoms with Crippen LogP contribution in [0.25, 0.3) is 11.1 Å². The fourth-order valence-electron chi connectivity index (χ4n) is 2.44. The van der Waals surface area contributed by atoms with E-state index in [2.05, 4.69) is 20.2 Å². The maximum atomic E-state index is 13.0. The molecule has 1 fully saturated rings. The Balaban J connectivity index is 1.87. The largest absolute Gasteiger partial charge is 0.338 e. The van der Waals surface area contributed by atoms with Gasteiger partial charge in [0.1, 0.15) is 0 Å². The minimum atomic E-state index is -2.51. The zero-order valence-electron chi connectivity index (χ0n) is 11.5. The van der Waals surface area contributed by atoms with Gasteiger partial charge in [-0.05, 0) is 5.56 Å². The van der Waals surface area contributed by atoms with Gasteiger partial charge in [0.05, 0.1) is 0 Å². The van der Waals surface area contributed by atoms with E-state index in [9.17, 15) is 8.78 Å². The summed E-state index contributed by atoms with van der Waals surface area (Å²) in [6.45, 7) is 3.51. The van der Waals surface area contributed by atoms with Gasteiger partial charge in [-0.25, -0.2) is 18.7 Å². The second kappa shape index (κ2) is 6.13. The van der Waals surface area contributed by atoms with E-state index in [0.29, 0.717) is 17.1 Å². The SMILES string of the molecule is FC(F)c1ccccc1-c1cnc(N2CCNCC2)nc1. The molecule has 1 aromatic carbocycles. The van der Waals surface area contributed by atoms with Crippen LogP contribution >= 0.6 is 0 Å². The molecule has 21 heavy (non-hydrogen) atoms. The van der Waals surface area contributed by atoms with E-state index in [1.807, 2.05) is 0 Å². The van der Waals surface area contributed by atoms with Crippen LogP contribution in [-0.2, 0) is 0 Å². The summed E-state index contributed by atoms with van der Waals surface area (Å²) in [5.41, 5.74) is 1.11. The number of nitrogens with one attached hydrogen (secondary N) is 1. The Labute approximate surface area is 121 Å². The summed E-state index contributed by atoms with van der Waals surface area (Å²) >= 11 is 0. The highest BCUT2D eigenvalue weighted by Crippen LogP contribution is 2.30. The minimum absolute atomic E-state index is 0.0102. The van der Waals surface area contributed by atoms with Gasteiger partial charge >= 0.3 is 0 Å². The molecule has 4 nitrogen and oxygen atoms in total. The van der Waals surface area contributed by atoms with Crippen LogP contribution in [0.15, 0.2) is 36.7 Å². The Morgan fingerprint density at radius 3 is 2.38 bits per heavy atom. The Kier molecular flexibility index (Phi) is 4.06. The molecule has 0 amide bonds. The zero-order chi connectivity index (χ0) is 14.7. The first kappa shape index (κ1) is 13.9. The molecular formula is C15H16F2N4. The number of hydrogen-bond acceptors (Lipinski definition) is 4. The van der Waals surface area contributed by atoms with Gasteiger partial charge in [0.15, 0.2) is 0 Å². The molecule has 3 rings (SSSR count). The standard InChI is InChI=1S/C15H16F2N4/c16-14(17)13-4-2-1-3-12(13)11-9-19-15(20-10-11)21-7-5-18-6-8-21/h1-4,9-10,14,18H,5-8H2. The quantitative estimate of drug-likeness (QED) is 0.943. The van der Waals surface area contributed by atoms with Crippen LogP contribution in [0.3, 0.4) is 0 Å². The number of nitrogens with zero attached hydrogens (tertiary/aromatic N) is 3. The third-order valence-electron chi connectivity index (χ3n) is 3.54. The maximum absolute atomic E-state index is 13.0. The Bertz CT molecular complexity index is 595. The van der Waals surface area contributed by atoms with Crippen LogP contribution < -0.4 is 10.2 Å². The predicted octanol–water partition coefficient (Wildman–Crippen LogP) is 2.49. The predicted molar refractivity (Wildman–Crippen MR) is 77.5 cm³/mol. The Morgan fingerprint density at radius 1 is 1.05 bits per heavy atom. The lowest BCUT2D eigenvalue weighted by molar-refractivity contribution is 0.152. The molecule has 0 atom stereocenters. The first-order valence-electron chi connectivity index (χ1n) is 6.91. The van der Waals surface area contributed by atoms with Crippen molar-refractivity contribution in [2.24, 2.45) is 0 Å². The number of aromatic nitrogens is 2. The molecule has 0 unspecified atom stereocenters. The summed E-state index contributed by atoms with van der Waals surface area (Å²) in [6.07, 6.45) is 0.728. The van der Waals surface area contributed by atoms with E-state index in [1.165, 1.54) is 6.07 Å². The van der Waals surface area contributed by atoms with Crippen LogP contribution in [0.5, 0.6) is 0 Å².